The molecule has 148 valence electrons. The van der Waals surface area contributed by atoms with E-state index in [-0.39, 0.29) is 29.6 Å². The van der Waals surface area contributed by atoms with Crippen molar-refractivity contribution in [2.75, 3.05) is 25.8 Å². The number of carbonyl (C=O) groups excluding carboxylic acids is 3. The molecule has 8 nitrogen and oxygen atoms in total. The molecule has 29 heavy (non-hydrogen) atoms. The Bertz CT molecular complexity index is 1080. The minimum atomic E-state index is -0.817. The van der Waals surface area contributed by atoms with Crippen LogP contribution in [-0.4, -0.2) is 59.6 Å². The van der Waals surface area contributed by atoms with E-state index in [0.29, 0.717) is 22.9 Å². The maximum absolute atomic E-state index is 13.5. The van der Waals surface area contributed by atoms with Gasteiger partial charge in [-0.25, -0.2) is 5.06 Å². The Kier molecular flexibility index (Phi) is 4.85. The van der Waals surface area contributed by atoms with Gasteiger partial charge in [0, 0.05) is 31.2 Å². The number of aldehydes is 1. The standard InChI is InChI=1S/C21H20N4O4/c1-24(2)21(28)19-18(14-7-3-4-8-16(14)23-19)20(27)15-12-29-25(17(15)11-26)13-6-5-9-22-10-13/h3-11,15,17,23H,12H2,1-2H3. The molecule has 0 saturated carbocycles. The van der Waals surface area contributed by atoms with Crippen LogP contribution in [0.3, 0.4) is 0 Å². The summed E-state index contributed by atoms with van der Waals surface area (Å²) in [5.74, 6) is -1.37. The van der Waals surface area contributed by atoms with Crippen LogP contribution in [0.1, 0.15) is 20.8 Å². The van der Waals surface area contributed by atoms with Crippen molar-refractivity contribution in [1.29, 1.82) is 0 Å². The molecule has 0 radical (unpaired) electrons. The van der Waals surface area contributed by atoms with E-state index >= 15 is 0 Å². The highest BCUT2D eigenvalue weighted by atomic mass is 16.7. The number of nitrogens with one attached hydrogen (secondary N) is 1. The van der Waals surface area contributed by atoms with Gasteiger partial charge in [0.1, 0.15) is 18.0 Å². The molecular formula is C21H20N4O4. The summed E-state index contributed by atoms with van der Waals surface area (Å²) in [7, 11) is 3.25. The average molecular weight is 392 g/mol. The van der Waals surface area contributed by atoms with Crippen molar-refractivity contribution in [2.24, 2.45) is 5.92 Å². The van der Waals surface area contributed by atoms with E-state index < -0.39 is 12.0 Å². The molecule has 2 atom stereocenters. The third-order valence-electron chi connectivity index (χ3n) is 5.03. The second kappa shape index (κ2) is 7.48. The minimum absolute atomic E-state index is 0.0340. The smallest absolute Gasteiger partial charge is 0.270 e. The number of anilines is 1. The second-order valence-corrected chi connectivity index (χ2v) is 7.05. The summed E-state index contributed by atoms with van der Waals surface area (Å²) in [6.07, 6.45) is 3.88. The number of hydrogen-bond acceptors (Lipinski definition) is 6. The number of nitrogens with zero attached hydrogens (tertiary/aromatic N) is 3. The molecule has 0 aliphatic carbocycles. The van der Waals surface area contributed by atoms with Gasteiger partial charge in [-0.2, -0.15) is 0 Å². The summed E-state index contributed by atoms with van der Waals surface area (Å²) >= 11 is 0. The number of aromatic nitrogens is 2. The maximum Gasteiger partial charge on any atom is 0.270 e. The van der Waals surface area contributed by atoms with Crippen LogP contribution < -0.4 is 5.06 Å². The van der Waals surface area contributed by atoms with E-state index in [2.05, 4.69) is 9.97 Å². The van der Waals surface area contributed by atoms with Crippen molar-refractivity contribution < 1.29 is 19.2 Å². The Morgan fingerprint density at radius 2 is 2.03 bits per heavy atom. The maximum atomic E-state index is 13.5. The van der Waals surface area contributed by atoms with Gasteiger partial charge in [0.15, 0.2) is 5.78 Å². The number of hydroxylamine groups is 1. The van der Waals surface area contributed by atoms with Gasteiger partial charge in [0.05, 0.1) is 30.0 Å². The Morgan fingerprint density at radius 3 is 2.72 bits per heavy atom. The van der Waals surface area contributed by atoms with Gasteiger partial charge in [-0.05, 0) is 18.2 Å². The molecule has 1 aliphatic rings. The van der Waals surface area contributed by atoms with Gasteiger partial charge in [-0.3, -0.25) is 19.4 Å². The predicted octanol–water partition coefficient (Wildman–Crippen LogP) is 2.08. The molecule has 3 aromatic rings. The summed E-state index contributed by atoms with van der Waals surface area (Å²) in [4.78, 5) is 52.3. The van der Waals surface area contributed by atoms with E-state index in [4.69, 9.17) is 4.84 Å². The van der Waals surface area contributed by atoms with E-state index in [1.54, 1.807) is 50.8 Å². The molecule has 1 N–H and O–H groups in total. The second-order valence-electron chi connectivity index (χ2n) is 7.05. The molecule has 3 heterocycles. The fourth-order valence-electron chi connectivity index (χ4n) is 3.59. The first-order valence-electron chi connectivity index (χ1n) is 9.17. The molecule has 2 unspecified atom stereocenters. The largest absolute Gasteiger partial charge is 0.350 e. The number of para-hydroxylation sites is 1. The van der Waals surface area contributed by atoms with E-state index in [9.17, 15) is 14.4 Å². The first-order valence-corrected chi connectivity index (χ1v) is 9.17. The highest BCUT2D eigenvalue weighted by molar-refractivity contribution is 6.17. The molecule has 1 saturated heterocycles. The molecule has 1 aromatic carbocycles. The van der Waals surface area contributed by atoms with Gasteiger partial charge < -0.3 is 14.7 Å². The Morgan fingerprint density at radius 1 is 1.24 bits per heavy atom. The van der Waals surface area contributed by atoms with Gasteiger partial charge in [-0.15, -0.1) is 0 Å². The number of rotatable bonds is 5. The normalized spacial score (nSPS) is 18.8. The number of pyridine rings is 1. The van der Waals surface area contributed by atoms with Crippen LogP contribution >= 0.6 is 0 Å². The van der Waals surface area contributed by atoms with Crippen LogP contribution in [0.15, 0.2) is 48.8 Å². The molecule has 1 amide bonds. The van der Waals surface area contributed by atoms with Crippen molar-refractivity contribution in [3.05, 3.63) is 60.0 Å². The van der Waals surface area contributed by atoms with Gasteiger partial charge in [-0.1, -0.05) is 18.2 Å². The number of aromatic amines is 1. The summed E-state index contributed by atoms with van der Waals surface area (Å²) in [6.45, 7) is 0.0340. The lowest BCUT2D eigenvalue weighted by Crippen LogP contribution is -2.37. The van der Waals surface area contributed by atoms with Gasteiger partial charge >= 0.3 is 0 Å². The van der Waals surface area contributed by atoms with Crippen molar-refractivity contribution in [3.8, 4) is 0 Å². The molecule has 0 spiro atoms. The molecule has 4 rings (SSSR count). The van der Waals surface area contributed by atoms with E-state index in [1.165, 1.54) is 9.96 Å². The van der Waals surface area contributed by atoms with Crippen LogP contribution in [0.25, 0.3) is 10.9 Å². The molecule has 8 heteroatoms. The van der Waals surface area contributed by atoms with Gasteiger partial charge in [0.25, 0.3) is 5.91 Å². The van der Waals surface area contributed by atoms with Crippen LogP contribution in [-0.2, 0) is 9.63 Å². The highest BCUT2D eigenvalue weighted by Crippen LogP contribution is 2.32. The monoisotopic (exact) mass is 392 g/mol. The van der Waals surface area contributed by atoms with Crippen LogP contribution in [0.5, 0.6) is 0 Å². The molecule has 1 aliphatic heterocycles. The zero-order valence-electron chi connectivity index (χ0n) is 16.0. The zero-order chi connectivity index (χ0) is 20.5. The Hall–Kier alpha value is -3.52. The number of hydrogen-bond donors (Lipinski definition) is 1. The lowest BCUT2D eigenvalue weighted by atomic mass is 9.90. The number of H-pyrrole nitrogens is 1. The summed E-state index contributed by atoms with van der Waals surface area (Å²) in [5.41, 5.74) is 1.77. The van der Waals surface area contributed by atoms with Crippen molar-refractivity contribution >= 4 is 34.6 Å². The Balaban J connectivity index is 1.76. The molecular weight excluding hydrogens is 372 g/mol. The number of fused-ring (bicyclic) bond motifs is 1. The molecule has 2 aromatic heterocycles. The van der Waals surface area contributed by atoms with Crippen LogP contribution in [0, 0.1) is 5.92 Å². The fourth-order valence-corrected chi connectivity index (χ4v) is 3.59. The van der Waals surface area contributed by atoms with E-state index in [0.717, 1.165) is 0 Å². The predicted molar refractivity (Wildman–Crippen MR) is 107 cm³/mol. The fraction of sp³-hybridized carbons (Fsp3) is 0.238. The van der Waals surface area contributed by atoms with E-state index in [1.807, 2.05) is 12.1 Å². The van der Waals surface area contributed by atoms with Crippen molar-refractivity contribution in [1.82, 2.24) is 14.9 Å². The number of Topliss-reactive ketones (excluding diaryl/α,β-unsaturated/α-hetero) is 1. The van der Waals surface area contributed by atoms with Crippen LogP contribution in [0.4, 0.5) is 5.69 Å². The number of carbonyl (C=O) groups is 3. The number of ketones is 1. The third kappa shape index (κ3) is 3.17. The first-order chi connectivity index (χ1) is 14.0. The van der Waals surface area contributed by atoms with Crippen LogP contribution in [0.2, 0.25) is 0 Å². The summed E-state index contributed by atoms with van der Waals surface area (Å²) < 4.78 is 0. The van der Waals surface area contributed by atoms with Gasteiger partial charge in [0.2, 0.25) is 0 Å². The quantitative estimate of drug-likeness (QED) is 0.528. The molecule has 1 fully saturated rings. The minimum Gasteiger partial charge on any atom is -0.350 e. The van der Waals surface area contributed by atoms with Crippen molar-refractivity contribution in [2.45, 2.75) is 6.04 Å². The highest BCUT2D eigenvalue weighted by Gasteiger charge is 2.42. The summed E-state index contributed by atoms with van der Waals surface area (Å²) in [6, 6.07) is 9.89. The molecule has 0 bridgehead atoms. The summed E-state index contributed by atoms with van der Waals surface area (Å²) in [5, 5.41) is 2.05. The Labute approximate surface area is 167 Å². The van der Waals surface area contributed by atoms with Crippen molar-refractivity contribution in [3.63, 3.8) is 0 Å². The first kappa shape index (κ1) is 18.8. The topological polar surface area (TPSA) is 95.6 Å². The third-order valence-corrected chi connectivity index (χ3v) is 5.03. The lowest BCUT2D eigenvalue weighted by molar-refractivity contribution is -0.109. The number of benzene rings is 1. The number of amides is 1. The zero-order valence-corrected chi connectivity index (χ0v) is 16.0. The lowest BCUT2D eigenvalue weighted by Gasteiger charge is -2.22. The SMILES string of the molecule is CN(C)C(=O)c1[nH]c2ccccc2c1C(=O)C1CON(c2cccnc2)C1C=O. The average Bonchev–Trinajstić information content (AvgIpc) is 3.34.